The highest BCUT2D eigenvalue weighted by molar-refractivity contribution is 6.74. The highest BCUT2D eigenvalue weighted by Crippen LogP contribution is 2.41. The van der Waals surface area contributed by atoms with Crippen LogP contribution in [-0.2, 0) is 15.7 Å². The van der Waals surface area contributed by atoms with Crippen molar-refractivity contribution in [2.75, 3.05) is 13.7 Å². The second-order valence-corrected chi connectivity index (χ2v) is 14.2. The zero-order valence-electron chi connectivity index (χ0n) is 21.3. The van der Waals surface area contributed by atoms with Gasteiger partial charge in [0.2, 0.25) is 0 Å². The molecule has 2 aromatic rings. The average molecular weight is 474 g/mol. The van der Waals surface area contributed by atoms with Crippen LogP contribution >= 0.6 is 0 Å². The Morgan fingerprint density at radius 2 is 1.88 bits per heavy atom. The third-order valence-corrected chi connectivity index (χ3v) is 10.6. The second kappa shape index (κ2) is 11.6. The molecule has 1 aromatic carbocycles. The van der Waals surface area contributed by atoms with Gasteiger partial charge < -0.3 is 18.3 Å². The van der Waals surface area contributed by atoms with Crippen molar-refractivity contribution >= 4 is 14.4 Å². The fourth-order valence-electron chi connectivity index (χ4n) is 3.37. The molecule has 2 rings (SSSR count). The molecule has 0 aliphatic carbocycles. The molecule has 2 atom stereocenters. The molecule has 1 amide bonds. The smallest absolute Gasteiger partial charge is 0.410 e. The average Bonchev–Trinajstić information content (AvgIpc) is 3.27. The van der Waals surface area contributed by atoms with Crippen molar-refractivity contribution in [2.24, 2.45) is 0 Å². The number of para-hydroxylation sites is 1. The lowest BCUT2D eigenvalue weighted by atomic mass is 10.0. The van der Waals surface area contributed by atoms with Gasteiger partial charge in [0.25, 0.3) is 0 Å². The van der Waals surface area contributed by atoms with Crippen LogP contribution in [0.3, 0.4) is 0 Å². The van der Waals surface area contributed by atoms with E-state index in [1.165, 1.54) is 0 Å². The summed E-state index contributed by atoms with van der Waals surface area (Å²) < 4.78 is 23.7. The first-order valence-electron chi connectivity index (χ1n) is 11.4. The van der Waals surface area contributed by atoms with Crippen LogP contribution in [0.15, 0.2) is 59.2 Å². The van der Waals surface area contributed by atoms with Crippen LogP contribution in [0.2, 0.25) is 18.1 Å². The first kappa shape index (κ1) is 26.7. The quantitative estimate of drug-likeness (QED) is 0.276. The van der Waals surface area contributed by atoms with Gasteiger partial charge in [0.05, 0.1) is 32.6 Å². The molecule has 0 fully saturated rings. The van der Waals surface area contributed by atoms with E-state index in [0.29, 0.717) is 11.5 Å². The van der Waals surface area contributed by atoms with Crippen LogP contribution in [0.1, 0.15) is 52.0 Å². The van der Waals surface area contributed by atoms with Gasteiger partial charge in [0.15, 0.2) is 8.32 Å². The molecule has 0 bridgehead atoms. The van der Waals surface area contributed by atoms with E-state index in [4.69, 9.17) is 18.3 Å². The van der Waals surface area contributed by atoms with Crippen LogP contribution < -0.4 is 4.74 Å². The van der Waals surface area contributed by atoms with Crippen LogP contribution in [0.25, 0.3) is 0 Å². The predicted octanol–water partition coefficient (Wildman–Crippen LogP) is 6.95. The summed E-state index contributed by atoms with van der Waals surface area (Å²) in [6.45, 7) is 15.3. The number of benzene rings is 1. The van der Waals surface area contributed by atoms with Gasteiger partial charge >= 0.3 is 6.09 Å². The van der Waals surface area contributed by atoms with E-state index < -0.39 is 26.6 Å². The van der Waals surface area contributed by atoms with E-state index in [1.807, 2.05) is 55.5 Å². The van der Waals surface area contributed by atoms with E-state index in [-0.39, 0.29) is 18.2 Å². The third-order valence-electron chi connectivity index (χ3n) is 6.14. The van der Waals surface area contributed by atoms with E-state index in [1.54, 1.807) is 25.2 Å². The summed E-state index contributed by atoms with van der Waals surface area (Å²) >= 11 is 0. The first-order chi connectivity index (χ1) is 15.6. The Hall–Kier alpha value is -2.51. The van der Waals surface area contributed by atoms with Gasteiger partial charge in [-0.25, -0.2) is 4.79 Å². The Bertz CT molecular complexity index is 902. The summed E-state index contributed by atoms with van der Waals surface area (Å²) in [5.41, 5.74) is 0.871. The predicted molar refractivity (Wildman–Crippen MR) is 134 cm³/mol. The number of carbonyl (C=O) groups is 1. The molecule has 0 saturated carbocycles. The van der Waals surface area contributed by atoms with Gasteiger partial charge in [-0.1, -0.05) is 51.1 Å². The molecule has 0 aliphatic rings. The minimum absolute atomic E-state index is 0.00203. The fourth-order valence-corrected chi connectivity index (χ4v) is 4.61. The van der Waals surface area contributed by atoms with E-state index in [2.05, 4.69) is 33.9 Å². The molecular weight excluding hydrogens is 434 g/mol. The maximum atomic E-state index is 13.3. The van der Waals surface area contributed by atoms with E-state index in [0.717, 1.165) is 5.56 Å². The molecule has 0 N–H and O–H groups in total. The summed E-state index contributed by atoms with van der Waals surface area (Å²) in [5, 5.41) is -0.00203. The number of carbonyl (C=O) groups excluding carboxylic acids is 1. The van der Waals surface area contributed by atoms with Crippen molar-refractivity contribution in [1.82, 2.24) is 4.90 Å². The van der Waals surface area contributed by atoms with Crippen molar-refractivity contribution in [3.63, 3.8) is 0 Å². The molecule has 0 spiro atoms. The monoisotopic (exact) mass is 473 g/mol. The molecule has 0 saturated heterocycles. The molecule has 33 heavy (non-hydrogen) atoms. The molecule has 0 aliphatic heterocycles. The number of methoxy groups -OCH3 is 1. The van der Waals surface area contributed by atoms with Gasteiger partial charge in [-0.3, -0.25) is 4.90 Å². The van der Waals surface area contributed by atoms with Crippen molar-refractivity contribution in [3.05, 3.63) is 66.1 Å². The fraction of sp³-hybridized carbons (Fsp3) is 0.500. The van der Waals surface area contributed by atoms with Crippen LogP contribution in [-0.4, -0.2) is 39.1 Å². The number of nitrogens with zero attached hydrogens (tertiary/aromatic N) is 1. The number of amides is 1. The summed E-state index contributed by atoms with van der Waals surface area (Å²) in [4.78, 5) is 15.0. The Morgan fingerprint density at radius 1 is 1.18 bits per heavy atom. The molecule has 6 nitrogen and oxygen atoms in total. The van der Waals surface area contributed by atoms with Gasteiger partial charge in [0, 0.05) is 5.56 Å². The molecule has 7 heteroatoms. The van der Waals surface area contributed by atoms with Crippen molar-refractivity contribution in [3.8, 4) is 5.75 Å². The summed E-state index contributed by atoms with van der Waals surface area (Å²) in [6.07, 6.45) is 4.73. The largest absolute Gasteiger partial charge is 0.496 e. The Kier molecular flexibility index (Phi) is 9.37. The number of hydrogen-bond acceptors (Lipinski definition) is 5. The molecule has 1 heterocycles. The SMILES string of the molecule is C/C=C/[C@@H](O[Si](C)(C)C(C)(C)C)[C@@H](c1ccco1)N(Cc1ccccc1OC)C(=O)OCC. The van der Waals surface area contributed by atoms with Gasteiger partial charge in [-0.2, -0.15) is 0 Å². The van der Waals surface area contributed by atoms with Gasteiger partial charge in [-0.15, -0.1) is 0 Å². The van der Waals surface area contributed by atoms with Gasteiger partial charge in [0.1, 0.15) is 17.6 Å². The number of allylic oxidation sites excluding steroid dienone is 1. The second-order valence-electron chi connectivity index (χ2n) is 9.47. The number of ether oxygens (including phenoxy) is 2. The summed E-state index contributed by atoms with van der Waals surface area (Å²) in [5.74, 6) is 1.35. The zero-order chi connectivity index (χ0) is 24.6. The van der Waals surface area contributed by atoms with Crippen LogP contribution in [0.4, 0.5) is 4.79 Å². The van der Waals surface area contributed by atoms with Crippen molar-refractivity contribution in [2.45, 2.75) is 71.4 Å². The van der Waals surface area contributed by atoms with Crippen LogP contribution in [0.5, 0.6) is 5.75 Å². The number of hydrogen-bond donors (Lipinski definition) is 0. The first-order valence-corrected chi connectivity index (χ1v) is 14.4. The van der Waals surface area contributed by atoms with Crippen LogP contribution in [0, 0.1) is 0 Å². The lowest BCUT2D eigenvalue weighted by Crippen LogP contribution is -2.48. The Labute approximate surface area is 199 Å². The molecule has 0 unspecified atom stereocenters. The molecular formula is C26H39NO5Si. The topological polar surface area (TPSA) is 61.1 Å². The summed E-state index contributed by atoms with van der Waals surface area (Å²) in [7, 11) is -0.560. The maximum absolute atomic E-state index is 13.3. The standard InChI is InChI=1S/C26H39NO5Si/c1-9-14-23(32-33(7,8)26(3,4)5)24(22-17-13-18-31-22)27(25(28)30-10-2)19-20-15-11-12-16-21(20)29-6/h9,11-18,23-24H,10,19H2,1-8H3/b14-9+/t23-,24-/m1/s1. The van der Waals surface area contributed by atoms with E-state index in [9.17, 15) is 4.79 Å². The number of rotatable bonds is 10. The normalized spacial score (nSPS) is 14.2. The Morgan fingerprint density at radius 3 is 2.42 bits per heavy atom. The molecule has 1 aromatic heterocycles. The highest BCUT2D eigenvalue weighted by atomic mass is 28.4. The van der Waals surface area contributed by atoms with Crippen molar-refractivity contribution < 1.29 is 23.1 Å². The number of furan rings is 1. The minimum Gasteiger partial charge on any atom is -0.496 e. The molecule has 0 radical (unpaired) electrons. The van der Waals surface area contributed by atoms with Crippen molar-refractivity contribution in [1.29, 1.82) is 0 Å². The maximum Gasteiger partial charge on any atom is 0.410 e. The lowest BCUT2D eigenvalue weighted by molar-refractivity contribution is 0.0431. The summed E-state index contributed by atoms with van der Waals surface area (Å²) in [6, 6.07) is 10.9. The zero-order valence-corrected chi connectivity index (χ0v) is 22.3. The highest BCUT2D eigenvalue weighted by Gasteiger charge is 2.43. The minimum atomic E-state index is -2.19. The Balaban J connectivity index is 2.60. The molecule has 182 valence electrons. The van der Waals surface area contributed by atoms with Gasteiger partial charge in [-0.05, 0) is 50.2 Å². The lowest BCUT2D eigenvalue weighted by Gasteiger charge is -2.42. The van der Waals surface area contributed by atoms with E-state index >= 15 is 0 Å². The third kappa shape index (κ3) is 6.74.